The first-order valence-electron chi connectivity index (χ1n) is 11.4. The Bertz CT molecular complexity index is 1220. The van der Waals surface area contributed by atoms with Gasteiger partial charge >= 0.3 is 0 Å². The number of nitrogens with zero attached hydrogens (tertiary/aromatic N) is 1. The average Bonchev–Trinajstić information content (AvgIpc) is 3.32. The third-order valence-corrected chi connectivity index (χ3v) is 6.34. The van der Waals surface area contributed by atoms with Crippen LogP contribution >= 0.6 is 0 Å². The van der Waals surface area contributed by atoms with Crippen LogP contribution in [-0.2, 0) is 0 Å². The Balaban J connectivity index is 1.11. The van der Waals surface area contributed by atoms with E-state index in [0.29, 0.717) is 36.9 Å². The van der Waals surface area contributed by atoms with Gasteiger partial charge in [0.15, 0.2) is 5.76 Å². The van der Waals surface area contributed by atoms with Crippen molar-refractivity contribution in [3.8, 4) is 11.1 Å². The number of piperidine rings is 1. The van der Waals surface area contributed by atoms with Crippen LogP contribution < -0.4 is 5.32 Å². The molecule has 0 atom stereocenters. The quantitative estimate of drug-likeness (QED) is 0.455. The van der Waals surface area contributed by atoms with E-state index in [2.05, 4.69) is 17.4 Å². The monoisotopic (exact) mass is 438 g/mol. The molecule has 2 heterocycles. The van der Waals surface area contributed by atoms with Gasteiger partial charge in [0, 0.05) is 30.6 Å². The van der Waals surface area contributed by atoms with Crippen molar-refractivity contribution in [3.05, 3.63) is 96.3 Å². The summed E-state index contributed by atoms with van der Waals surface area (Å²) in [4.78, 5) is 27.3. The number of fused-ring (bicyclic) bond motifs is 1. The van der Waals surface area contributed by atoms with Crippen LogP contribution in [0.4, 0.5) is 0 Å². The lowest BCUT2D eigenvalue weighted by Gasteiger charge is -2.31. The summed E-state index contributed by atoms with van der Waals surface area (Å²) in [6.07, 6.45) is 1.72. The van der Waals surface area contributed by atoms with Crippen molar-refractivity contribution in [2.75, 3.05) is 19.6 Å². The highest BCUT2D eigenvalue weighted by molar-refractivity contribution is 5.96. The van der Waals surface area contributed by atoms with Crippen molar-refractivity contribution in [3.63, 3.8) is 0 Å². The van der Waals surface area contributed by atoms with Gasteiger partial charge in [-0.1, -0.05) is 60.7 Å². The molecule has 0 aliphatic carbocycles. The molecule has 0 spiro atoms. The average molecular weight is 439 g/mol. The smallest absolute Gasteiger partial charge is 0.289 e. The second-order valence-corrected chi connectivity index (χ2v) is 8.54. The predicted molar refractivity (Wildman–Crippen MR) is 129 cm³/mol. The number of carbonyl (C=O) groups excluding carboxylic acids is 2. The van der Waals surface area contributed by atoms with Gasteiger partial charge in [-0.3, -0.25) is 9.59 Å². The van der Waals surface area contributed by atoms with Gasteiger partial charge in [0.25, 0.3) is 11.8 Å². The third kappa shape index (κ3) is 4.67. The Kier molecular flexibility index (Phi) is 5.94. The van der Waals surface area contributed by atoms with E-state index in [4.69, 9.17) is 4.42 Å². The van der Waals surface area contributed by atoms with E-state index in [-0.39, 0.29) is 11.8 Å². The van der Waals surface area contributed by atoms with E-state index in [1.165, 1.54) is 0 Å². The number of hydrogen-bond donors (Lipinski definition) is 1. The van der Waals surface area contributed by atoms with E-state index < -0.39 is 0 Å². The molecule has 1 N–H and O–H groups in total. The van der Waals surface area contributed by atoms with Crippen LogP contribution in [-0.4, -0.2) is 36.3 Å². The van der Waals surface area contributed by atoms with Crippen LogP contribution in [0.1, 0.15) is 33.8 Å². The molecule has 0 unspecified atom stereocenters. The van der Waals surface area contributed by atoms with Crippen LogP contribution in [0, 0.1) is 5.92 Å². The molecule has 0 bridgehead atoms. The summed E-state index contributed by atoms with van der Waals surface area (Å²) in [6.45, 7) is 1.95. The van der Waals surface area contributed by atoms with Gasteiger partial charge in [-0.25, -0.2) is 0 Å². The second kappa shape index (κ2) is 9.33. The Morgan fingerprint density at radius 1 is 0.848 bits per heavy atom. The summed E-state index contributed by atoms with van der Waals surface area (Å²) in [5.74, 6) is 0.627. The van der Waals surface area contributed by atoms with Gasteiger partial charge < -0.3 is 14.6 Å². The molecule has 5 rings (SSSR count). The Labute approximate surface area is 193 Å². The van der Waals surface area contributed by atoms with Crippen molar-refractivity contribution in [1.82, 2.24) is 10.2 Å². The molecule has 4 aromatic rings. The largest absolute Gasteiger partial charge is 0.451 e. The van der Waals surface area contributed by atoms with Crippen molar-refractivity contribution in [2.45, 2.75) is 12.8 Å². The lowest BCUT2D eigenvalue weighted by Crippen LogP contribution is -2.41. The van der Waals surface area contributed by atoms with Gasteiger partial charge in [-0.15, -0.1) is 0 Å². The number of carbonyl (C=O) groups is 2. The Hall–Kier alpha value is -3.86. The molecule has 1 fully saturated rings. The van der Waals surface area contributed by atoms with Gasteiger partial charge in [-0.05, 0) is 54.2 Å². The lowest BCUT2D eigenvalue weighted by atomic mass is 9.96. The standard InChI is InChI=1S/C28H26N2O3/c31-27(23-12-10-22(11-13-23)21-6-2-1-3-7-21)29-19-20-14-16-30(17-15-20)28(32)26-18-24-8-4-5-9-25(24)33-26/h1-13,18,20H,14-17,19H2,(H,29,31). The highest BCUT2D eigenvalue weighted by Crippen LogP contribution is 2.23. The van der Waals surface area contributed by atoms with Crippen molar-refractivity contribution in [1.29, 1.82) is 0 Å². The summed E-state index contributed by atoms with van der Waals surface area (Å²) < 4.78 is 5.73. The van der Waals surface area contributed by atoms with Gasteiger partial charge in [0.05, 0.1) is 0 Å². The zero-order valence-corrected chi connectivity index (χ0v) is 18.4. The number of rotatable bonds is 5. The summed E-state index contributed by atoms with van der Waals surface area (Å²) in [6, 6.07) is 27.3. The molecule has 1 saturated heterocycles. The highest BCUT2D eigenvalue weighted by Gasteiger charge is 2.26. The molecule has 166 valence electrons. The van der Waals surface area contributed by atoms with Crippen LogP contribution in [0.3, 0.4) is 0 Å². The summed E-state index contributed by atoms with van der Waals surface area (Å²) in [5, 5.41) is 4.00. The summed E-state index contributed by atoms with van der Waals surface area (Å²) in [7, 11) is 0. The normalized spacial score (nSPS) is 14.4. The lowest BCUT2D eigenvalue weighted by molar-refractivity contribution is 0.0655. The number of hydrogen-bond acceptors (Lipinski definition) is 3. The van der Waals surface area contributed by atoms with E-state index in [1.807, 2.05) is 77.7 Å². The van der Waals surface area contributed by atoms with Crippen LogP contribution in [0.25, 0.3) is 22.1 Å². The summed E-state index contributed by atoms with van der Waals surface area (Å²) in [5.41, 5.74) is 3.62. The molecule has 3 aromatic carbocycles. The minimum absolute atomic E-state index is 0.0598. The van der Waals surface area contributed by atoms with Crippen LogP contribution in [0.15, 0.2) is 89.3 Å². The maximum atomic E-state index is 12.8. The molecule has 2 amide bonds. The molecular weight excluding hydrogens is 412 g/mol. The first-order valence-corrected chi connectivity index (χ1v) is 11.4. The molecule has 33 heavy (non-hydrogen) atoms. The van der Waals surface area contributed by atoms with Crippen molar-refractivity contribution in [2.24, 2.45) is 5.92 Å². The maximum absolute atomic E-state index is 12.8. The third-order valence-electron chi connectivity index (χ3n) is 6.34. The number of amides is 2. The predicted octanol–water partition coefficient (Wildman–Crippen LogP) is 5.38. The maximum Gasteiger partial charge on any atom is 0.289 e. The van der Waals surface area contributed by atoms with E-state index in [1.54, 1.807) is 0 Å². The Morgan fingerprint density at radius 3 is 2.24 bits per heavy atom. The molecule has 1 aromatic heterocycles. The molecule has 0 saturated carbocycles. The number of benzene rings is 3. The molecule has 1 aliphatic heterocycles. The molecule has 5 nitrogen and oxygen atoms in total. The number of nitrogens with one attached hydrogen (secondary N) is 1. The minimum atomic E-state index is -0.0628. The van der Waals surface area contributed by atoms with Crippen LogP contribution in [0.5, 0.6) is 0 Å². The van der Waals surface area contributed by atoms with Gasteiger partial charge in [-0.2, -0.15) is 0 Å². The molecule has 5 heteroatoms. The first-order chi connectivity index (χ1) is 16.2. The fourth-order valence-corrected chi connectivity index (χ4v) is 4.37. The Morgan fingerprint density at radius 2 is 1.52 bits per heavy atom. The van der Waals surface area contributed by atoms with Gasteiger partial charge in [0.1, 0.15) is 5.58 Å². The van der Waals surface area contributed by atoms with E-state index in [0.717, 1.165) is 34.9 Å². The molecular formula is C28H26N2O3. The minimum Gasteiger partial charge on any atom is -0.451 e. The number of likely N-dealkylation sites (tertiary alicyclic amines) is 1. The highest BCUT2D eigenvalue weighted by atomic mass is 16.3. The fourth-order valence-electron chi connectivity index (χ4n) is 4.37. The molecule has 0 radical (unpaired) electrons. The zero-order chi connectivity index (χ0) is 22.6. The second-order valence-electron chi connectivity index (χ2n) is 8.54. The van der Waals surface area contributed by atoms with Crippen molar-refractivity contribution >= 4 is 22.8 Å². The van der Waals surface area contributed by atoms with Crippen molar-refractivity contribution < 1.29 is 14.0 Å². The SMILES string of the molecule is O=C(NCC1CCN(C(=O)c2cc3ccccc3o2)CC1)c1ccc(-c2ccccc2)cc1. The van der Waals surface area contributed by atoms with Crippen LogP contribution in [0.2, 0.25) is 0 Å². The topological polar surface area (TPSA) is 62.6 Å². The number of furan rings is 1. The number of para-hydroxylation sites is 1. The van der Waals surface area contributed by atoms with E-state index >= 15 is 0 Å². The fraction of sp³-hybridized carbons (Fsp3) is 0.214. The van der Waals surface area contributed by atoms with Gasteiger partial charge in [0.2, 0.25) is 0 Å². The first kappa shape index (κ1) is 21.0. The zero-order valence-electron chi connectivity index (χ0n) is 18.4. The van der Waals surface area contributed by atoms with E-state index in [9.17, 15) is 9.59 Å². The summed E-state index contributed by atoms with van der Waals surface area (Å²) >= 11 is 0. The molecule has 1 aliphatic rings.